The molecule has 1 fully saturated rings. The zero-order valence-corrected chi connectivity index (χ0v) is 6.49. The number of hydrogen-bond donors (Lipinski definition) is 2. The van der Waals surface area contributed by atoms with Crippen molar-refractivity contribution in [3.8, 4) is 0 Å². The SMILES string of the molecule is O=C(O)[C@H]1CCC[C@@H](CO)C1. The highest BCUT2D eigenvalue weighted by molar-refractivity contribution is 5.70. The molecule has 2 atom stereocenters. The molecule has 64 valence electrons. The smallest absolute Gasteiger partial charge is 0.306 e. The Morgan fingerprint density at radius 2 is 2.18 bits per heavy atom. The third-order valence-corrected chi connectivity index (χ3v) is 2.39. The zero-order chi connectivity index (χ0) is 8.27. The number of aliphatic hydroxyl groups excluding tert-OH is 1. The summed E-state index contributed by atoms with van der Waals surface area (Å²) in [6.45, 7) is 0.143. The van der Waals surface area contributed by atoms with Crippen molar-refractivity contribution in [2.75, 3.05) is 6.61 Å². The lowest BCUT2D eigenvalue weighted by Crippen LogP contribution is -2.24. The van der Waals surface area contributed by atoms with Gasteiger partial charge in [-0.3, -0.25) is 4.79 Å². The molecule has 0 bridgehead atoms. The van der Waals surface area contributed by atoms with E-state index in [1.807, 2.05) is 0 Å². The minimum atomic E-state index is -0.705. The Hall–Kier alpha value is -0.570. The lowest BCUT2D eigenvalue weighted by atomic mass is 9.82. The molecule has 11 heavy (non-hydrogen) atoms. The van der Waals surface area contributed by atoms with E-state index >= 15 is 0 Å². The van der Waals surface area contributed by atoms with Crippen LogP contribution in [0.2, 0.25) is 0 Å². The topological polar surface area (TPSA) is 57.5 Å². The lowest BCUT2D eigenvalue weighted by molar-refractivity contribution is -0.143. The molecule has 0 unspecified atom stereocenters. The first-order valence-electron chi connectivity index (χ1n) is 4.07. The Morgan fingerprint density at radius 1 is 1.45 bits per heavy atom. The number of hydrogen-bond acceptors (Lipinski definition) is 2. The van der Waals surface area contributed by atoms with Gasteiger partial charge in [0.1, 0.15) is 0 Å². The van der Waals surface area contributed by atoms with E-state index in [9.17, 15) is 4.79 Å². The summed E-state index contributed by atoms with van der Waals surface area (Å²) in [6, 6.07) is 0. The maximum absolute atomic E-state index is 10.5. The number of aliphatic carboxylic acids is 1. The van der Waals surface area contributed by atoms with Gasteiger partial charge in [-0.1, -0.05) is 6.42 Å². The summed E-state index contributed by atoms with van der Waals surface area (Å²) in [4.78, 5) is 10.5. The molecule has 0 aromatic rings. The predicted octanol–water partition coefficient (Wildman–Crippen LogP) is 0.870. The molecule has 0 aromatic carbocycles. The van der Waals surface area contributed by atoms with E-state index in [0.29, 0.717) is 6.42 Å². The molecule has 0 saturated heterocycles. The first kappa shape index (κ1) is 8.53. The summed E-state index contributed by atoms with van der Waals surface area (Å²) in [5.41, 5.74) is 0. The molecule has 1 saturated carbocycles. The Balaban J connectivity index is 2.39. The van der Waals surface area contributed by atoms with Crippen LogP contribution in [-0.2, 0) is 4.79 Å². The highest BCUT2D eigenvalue weighted by Crippen LogP contribution is 2.28. The second-order valence-corrected chi connectivity index (χ2v) is 3.25. The fourth-order valence-corrected chi connectivity index (χ4v) is 1.68. The van der Waals surface area contributed by atoms with Crippen molar-refractivity contribution in [2.45, 2.75) is 25.7 Å². The summed E-state index contributed by atoms with van der Waals surface area (Å²) >= 11 is 0. The number of carbonyl (C=O) groups is 1. The molecule has 0 heterocycles. The van der Waals surface area contributed by atoms with E-state index in [4.69, 9.17) is 10.2 Å². The molecule has 0 aliphatic heterocycles. The molecule has 0 radical (unpaired) electrons. The molecule has 3 nitrogen and oxygen atoms in total. The van der Waals surface area contributed by atoms with Crippen molar-refractivity contribution >= 4 is 5.97 Å². The largest absolute Gasteiger partial charge is 0.481 e. The van der Waals surface area contributed by atoms with Crippen molar-refractivity contribution in [3.05, 3.63) is 0 Å². The van der Waals surface area contributed by atoms with Crippen LogP contribution in [-0.4, -0.2) is 22.8 Å². The Labute approximate surface area is 66.0 Å². The molecular weight excluding hydrogens is 144 g/mol. The standard InChI is InChI=1S/C8H14O3/c9-5-6-2-1-3-7(4-6)8(10)11/h6-7,9H,1-5H2,(H,10,11)/t6-,7+/m1/s1. The second-order valence-electron chi connectivity index (χ2n) is 3.25. The van der Waals surface area contributed by atoms with E-state index in [1.54, 1.807) is 0 Å². The van der Waals surface area contributed by atoms with E-state index < -0.39 is 5.97 Å². The highest BCUT2D eigenvalue weighted by Gasteiger charge is 2.25. The second kappa shape index (κ2) is 3.72. The van der Waals surface area contributed by atoms with Gasteiger partial charge in [-0.15, -0.1) is 0 Å². The molecule has 3 heteroatoms. The molecule has 1 aliphatic rings. The van der Waals surface area contributed by atoms with E-state index in [2.05, 4.69) is 0 Å². The van der Waals surface area contributed by atoms with E-state index in [1.165, 1.54) is 0 Å². The maximum Gasteiger partial charge on any atom is 0.306 e. The van der Waals surface area contributed by atoms with Crippen LogP contribution in [0, 0.1) is 11.8 Å². The van der Waals surface area contributed by atoms with Gasteiger partial charge in [-0.2, -0.15) is 0 Å². The lowest BCUT2D eigenvalue weighted by Gasteiger charge is -2.24. The van der Waals surface area contributed by atoms with Gasteiger partial charge in [0, 0.05) is 6.61 Å². The van der Waals surface area contributed by atoms with Gasteiger partial charge in [0.05, 0.1) is 5.92 Å². The number of aliphatic hydroxyl groups is 1. The van der Waals surface area contributed by atoms with Crippen molar-refractivity contribution in [2.24, 2.45) is 11.8 Å². The van der Waals surface area contributed by atoms with Gasteiger partial charge >= 0.3 is 5.97 Å². The maximum atomic E-state index is 10.5. The summed E-state index contributed by atoms with van der Waals surface area (Å²) in [7, 11) is 0. The van der Waals surface area contributed by atoms with Crippen LogP contribution in [0.15, 0.2) is 0 Å². The highest BCUT2D eigenvalue weighted by atomic mass is 16.4. The van der Waals surface area contributed by atoms with Crippen LogP contribution in [0.1, 0.15) is 25.7 Å². The molecule has 0 amide bonds. The van der Waals surface area contributed by atoms with Gasteiger partial charge in [0.25, 0.3) is 0 Å². The molecule has 1 rings (SSSR count). The fourth-order valence-electron chi connectivity index (χ4n) is 1.68. The van der Waals surface area contributed by atoms with Crippen LogP contribution in [0.25, 0.3) is 0 Å². The van der Waals surface area contributed by atoms with Crippen molar-refractivity contribution in [1.29, 1.82) is 0 Å². The summed E-state index contributed by atoms with van der Waals surface area (Å²) in [5, 5.41) is 17.5. The van der Waals surface area contributed by atoms with Crippen LogP contribution in [0.3, 0.4) is 0 Å². The average Bonchev–Trinajstić information content (AvgIpc) is 2.05. The first-order chi connectivity index (χ1) is 5.24. The van der Waals surface area contributed by atoms with Gasteiger partial charge in [-0.05, 0) is 25.2 Å². The Morgan fingerprint density at radius 3 is 2.73 bits per heavy atom. The molecule has 0 aromatic heterocycles. The third-order valence-electron chi connectivity index (χ3n) is 2.39. The quantitative estimate of drug-likeness (QED) is 0.627. The number of carboxylic acids is 1. The minimum absolute atomic E-state index is 0.143. The van der Waals surface area contributed by atoms with Crippen LogP contribution in [0.5, 0.6) is 0 Å². The van der Waals surface area contributed by atoms with Crippen LogP contribution in [0.4, 0.5) is 0 Å². The number of rotatable bonds is 2. The van der Waals surface area contributed by atoms with Crippen molar-refractivity contribution < 1.29 is 15.0 Å². The van der Waals surface area contributed by atoms with Gasteiger partial charge < -0.3 is 10.2 Å². The predicted molar refractivity (Wildman–Crippen MR) is 40.2 cm³/mol. The summed E-state index contributed by atoms with van der Waals surface area (Å²) in [5.74, 6) is -0.686. The summed E-state index contributed by atoms with van der Waals surface area (Å²) in [6.07, 6.45) is 3.38. The van der Waals surface area contributed by atoms with Crippen molar-refractivity contribution in [3.63, 3.8) is 0 Å². The first-order valence-corrected chi connectivity index (χ1v) is 4.07. The Bertz CT molecular complexity index is 144. The normalized spacial score (nSPS) is 31.7. The van der Waals surface area contributed by atoms with Gasteiger partial charge in [0.15, 0.2) is 0 Å². The molecule has 0 spiro atoms. The number of carboxylic acid groups (broad SMARTS) is 1. The average molecular weight is 158 g/mol. The fraction of sp³-hybridized carbons (Fsp3) is 0.875. The van der Waals surface area contributed by atoms with Gasteiger partial charge in [0.2, 0.25) is 0 Å². The third kappa shape index (κ3) is 2.19. The monoisotopic (exact) mass is 158 g/mol. The summed E-state index contributed by atoms with van der Waals surface area (Å²) < 4.78 is 0. The van der Waals surface area contributed by atoms with E-state index in [0.717, 1.165) is 19.3 Å². The Kier molecular flexibility index (Phi) is 2.88. The molecular formula is C8H14O3. The van der Waals surface area contributed by atoms with Crippen molar-refractivity contribution in [1.82, 2.24) is 0 Å². The zero-order valence-electron chi connectivity index (χ0n) is 6.49. The molecule has 2 N–H and O–H groups in total. The van der Waals surface area contributed by atoms with E-state index in [-0.39, 0.29) is 18.4 Å². The van der Waals surface area contributed by atoms with Crippen LogP contribution < -0.4 is 0 Å². The minimum Gasteiger partial charge on any atom is -0.481 e. The molecule has 1 aliphatic carbocycles. The van der Waals surface area contributed by atoms with Crippen LogP contribution >= 0.6 is 0 Å². The van der Waals surface area contributed by atoms with Gasteiger partial charge in [-0.25, -0.2) is 0 Å².